The van der Waals surface area contributed by atoms with E-state index in [4.69, 9.17) is 29.7 Å². The summed E-state index contributed by atoms with van der Waals surface area (Å²) in [5.74, 6) is 0. The van der Waals surface area contributed by atoms with Gasteiger partial charge in [0, 0.05) is 43.4 Å². The molecule has 0 bridgehead atoms. The number of hydrogen-bond acceptors (Lipinski definition) is 3. The molecule has 0 amide bonds. The normalized spacial score (nSPS) is 13.6. The van der Waals surface area contributed by atoms with E-state index in [-0.39, 0.29) is 134 Å². The zero-order valence-corrected chi connectivity index (χ0v) is 81.3. The van der Waals surface area contributed by atoms with Gasteiger partial charge in [0.05, 0.1) is 24.7 Å². The molecule has 28 rings (SSSR count). The Morgan fingerprint density at radius 3 is 1.05 bits per heavy atom. The van der Waals surface area contributed by atoms with Crippen LogP contribution in [-0.4, -0.2) is 0 Å². The Morgan fingerprint density at radius 2 is 0.510 bits per heavy atom. The van der Waals surface area contributed by atoms with Crippen LogP contribution in [0.2, 0.25) is 0 Å². The highest BCUT2D eigenvalue weighted by Crippen LogP contribution is 2.53. The largest absolute Gasteiger partial charge is 0.456 e. The lowest BCUT2D eigenvalue weighted by Gasteiger charge is -2.25. The molecular weight excluding hydrogens is 1780 g/mol. The van der Waals surface area contributed by atoms with Crippen LogP contribution >= 0.6 is 0 Å². The first-order valence-corrected chi connectivity index (χ1v) is 49.6. The minimum absolute atomic E-state index is 0.00708. The van der Waals surface area contributed by atoms with Crippen molar-refractivity contribution in [2.24, 2.45) is 0 Å². The molecule has 3 nitrogen and oxygen atoms in total. The molecule has 0 aliphatic rings. The van der Waals surface area contributed by atoms with Crippen LogP contribution in [0, 0.1) is 0 Å². The average molecular weight is 1900 g/mol. The molecule has 3 heterocycles. The molecule has 147 heavy (non-hydrogen) atoms. The van der Waals surface area contributed by atoms with E-state index in [1.165, 1.54) is 88.0 Å². The Balaban J connectivity index is 0.000000123. The number of rotatable bonds is 12. The van der Waals surface area contributed by atoms with Gasteiger partial charge in [-0.25, -0.2) is 0 Å². The molecule has 0 aliphatic heterocycles. The number of para-hydroxylation sites is 3. The van der Waals surface area contributed by atoms with E-state index in [2.05, 4.69) is 278 Å². The zero-order chi connectivity index (χ0) is 114. The highest BCUT2D eigenvalue weighted by Gasteiger charge is 2.28. The van der Waals surface area contributed by atoms with Crippen LogP contribution in [0.25, 0.3) is 275 Å². The Bertz CT molecular complexity index is 11100. The van der Waals surface area contributed by atoms with Gasteiger partial charge >= 0.3 is 0 Å². The van der Waals surface area contributed by atoms with Crippen LogP contribution in [-0.2, 0) is 10.8 Å². The highest BCUT2D eigenvalue weighted by atomic mass is 16.3. The second kappa shape index (κ2) is 36.6. The van der Waals surface area contributed by atoms with Crippen LogP contribution in [0.15, 0.2) is 522 Å². The lowest BCUT2D eigenvalue weighted by molar-refractivity contribution is 0.590. The first kappa shape index (κ1) is 71.2. The molecule has 696 valence electrons. The van der Waals surface area contributed by atoms with Crippen molar-refractivity contribution in [1.29, 1.82) is 0 Å². The van der Waals surface area contributed by atoms with E-state index >= 15 is 0 Å². The SMILES string of the molecule is [2H]c1c([2H])c(-c2c3ccccc3c(-c3ccccc3)c3ccccc23)c([2H])c([2H])c1-c1c([2H])c([2H])c2oc3ccccc3c2c1[2H].[2H]c1c([2H])c([2H])c(-c2c3ccc(C(C)(C)C)cc3c(-c3ccc(-c4c([2H])c([2H])c5oc6c([2H])c([2H])c([2H])c([2H])c6c5c4-c4ccccc4)cc3)c3ccc(C(C)(C)C)cc23)c([2H])c1[2H].c1ccc(-c2c3ccccc3c(-c3ccc(-c4ccc5oc6ccccc6c5c4-c4ccccc4)cc3)c3ccc(-c4cccc5ccccc45)cc23)cc1. The third kappa shape index (κ3) is 15.9. The van der Waals surface area contributed by atoms with Crippen molar-refractivity contribution < 1.29 is 37.9 Å². The number of benzene rings is 25. The fourth-order valence-corrected chi connectivity index (χ4v) is 21.8. The first-order chi connectivity index (χ1) is 79.7. The van der Waals surface area contributed by atoms with Crippen molar-refractivity contribution in [3.8, 4) is 134 Å². The first-order valence-electron chi connectivity index (χ1n) is 58.6. The fraction of sp³-hybridized carbons (Fsp3) is 0.0556. The van der Waals surface area contributed by atoms with Crippen LogP contribution in [0.3, 0.4) is 0 Å². The summed E-state index contributed by atoms with van der Waals surface area (Å²) < 4.78 is 179. The highest BCUT2D eigenvalue weighted by molar-refractivity contribution is 6.27. The minimum atomic E-state index is -0.456. The summed E-state index contributed by atoms with van der Waals surface area (Å²) in [5, 5.41) is 17.7. The van der Waals surface area contributed by atoms with Crippen molar-refractivity contribution in [3.05, 3.63) is 520 Å². The molecule has 0 spiro atoms. The summed E-state index contributed by atoms with van der Waals surface area (Å²) in [5.41, 5.74) is 23.0. The van der Waals surface area contributed by atoms with Gasteiger partial charge in [-0.2, -0.15) is 0 Å². The zero-order valence-electron chi connectivity index (χ0n) is 99.3. The molecule has 0 radical (unpaired) electrons. The lowest BCUT2D eigenvalue weighted by Crippen LogP contribution is -2.11. The van der Waals surface area contributed by atoms with E-state index < -0.39 is 30.2 Å². The molecule has 0 fully saturated rings. The number of fused-ring (bicyclic) bond motifs is 16. The Hall–Kier alpha value is -18.3. The lowest BCUT2D eigenvalue weighted by atomic mass is 9.79. The standard InChI is InChI=1S/C54H34O.C52H44O.C38H24O/c1-3-15-37(16-4-1)52-45-22-10-9-21-44(45)51(46-31-30-40(34-48(46)52)42-24-13-19-35-14-7-8-20-41(35)42)39-28-26-36(27-29-39)43-32-33-50-54(47-23-11-12-25-49(47)55-50)53(43)38-17-5-2-6-18-38;1-51(2,3)37-26-28-41-43(31-37)47(34-15-9-7-10-16-34)40-27-25-38(52(4,5)6)32-44(40)48(41)36-23-21-33(22-24-36)39-29-30-46-50(42-19-13-14-20-45(42)53-46)49(39)35-17-11-8-12-18-35;1-2-10-26(11-3-1)37-30-13-4-6-15-32(30)38(33-16-7-5-14-31(33)37)27-20-18-25(19-21-27)28-22-23-36-34(24-28)29-12-8-9-17-35(29)39-36/h1-34H;7-32H,1-6H3;1-24H/i;7D,9D,10D,13D,14D,15D,16D,19D,20D,29D,30D;18D,19D,20D,21D,22D,23D,24D. The van der Waals surface area contributed by atoms with Gasteiger partial charge in [0.1, 0.15) is 33.5 Å². The summed E-state index contributed by atoms with van der Waals surface area (Å²) in [6.07, 6.45) is 0. The molecule has 3 aromatic heterocycles. The molecule has 0 unspecified atom stereocenters. The molecule has 3 heteroatoms. The van der Waals surface area contributed by atoms with Crippen molar-refractivity contribution >= 4 is 141 Å². The summed E-state index contributed by atoms with van der Waals surface area (Å²) in [6.45, 7) is 12.7. The Labute approximate surface area is 880 Å². The quantitative estimate of drug-likeness (QED) is 0.114. The van der Waals surface area contributed by atoms with Gasteiger partial charge in [-0.1, -0.05) is 490 Å². The number of furan rings is 3. The van der Waals surface area contributed by atoms with Crippen LogP contribution < -0.4 is 0 Å². The molecule has 0 saturated heterocycles. The van der Waals surface area contributed by atoms with E-state index in [0.717, 1.165) is 98.4 Å². The molecule has 0 N–H and O–H groups in total. The van der Waals surface area contributed by atoms with Gasteiger partial charge in [-0.3, -0.25) is 0 Å². The Morgan fingerprint density at radius 1 is 0.163 bits per heavy atom. The number of hydrogen-bond donors (Lipinski definition) is 0. The summed E-state index contributed by atoms with van der Waals surface area (Å²) in [7, 11) is 0. The van der Waals surface area contributed by atoms with E-state index in [9.17, 15) is 8.22 Å². The summed E-state index contributed by atoms with van der Waals surface area (Å²) in [6, 6.07) is 131. The molecule has 28 aromatic rings. The van der Waals surface area contributed by atoms with Gasteiger partial charge < -0.3 is 13.3 Å². The monoisotopic (exact) mass is 1900 g/mol. The maximum Gasteiger partial charge on any atom is 0.136 e. The van der Waals surface area contributed by atoms with Crippen molar-refractivity contribution in [3.63, 3.8) is 0 Å². The van der Waals surface area contributed by atoms with Gasteiger partial charge in [0.15, 0.2) is 0 Å². The van der Waals surface area contributed by atoms with Gasteiger partial charge in [0.25, 0.3) is 0 Å². The maximum atomic E-state index is 9.46. The second-order valence-electron chi connectivity index (χ2n) is 39.6. The van der Waals surface area contributed by atoms with Crippen molar-refractivity contribution in [2.45, 2.75) is 52.4 Å². The Kier molecular flexibility index (Phi) is 17.7. The molecule has 25 aromatic carbocycles. The molecule has 0 atom stereocenters. The third-order valence-electron chi connectivity index (χ3n) is 28.8. The van der Waals surface area contributed by atoms with Gasteiger partial charge in [-0.05, 0) is 280 Å². The predicted octanol–water partition coefficient (Wildman–Crippen LogP) is 41.4. The van der Waals surface area contributed by atoms with Crippen LogP contribution in [0.4, 0.5) is 0 Å². The minimum Gasteiger partial charge on any atom is -0.456 e. The average Bonchev–Trinajstić information content (AvgIpc) is 1.64. The molecular formula is C144H102O3. The van der Waals surface area contributed by atoms with Gasteiger partial charge in [0.2, 0.25) is 0 Å². The van der Waals surface area contributed by atoms with Crippen LogP contribution in [0.5, 0.6) is 0 Å². The third-order valence-corrected chi connectivity index (χ3v) is 28.8. The molecule has 0 saturated carbocycles. The van der Waals surface area contributed by atoms with Crippen LogP contribution in [0.1, 0.15) is 77.3 Å². The predicted molar refractivity (Wildman–Crippen MR) is 626 cm³/mol. The van der Waals surface area contributed by atoms with E-state index in [0.29, 0.717) is 55.1 Å². The summed E-state index contributed by atoms with van der Waals surface area (Å²) >= 11 is 0. The van der Waals surface area contributed by atoms with Gasteiger partial charge in [-0.15, -0.1) is 0 Å². The smallest absolute Gasteiger partial charge is 0.136 e. The fourth-order valence-electron chi connectivity index (χ4n) is 21.8. The van der Waals surface area contributed by atoms with E-state index in [1.807, 2.05) is 140 Å². The van der Waals surface area contributed by atoms with E-state index in [1.54, 1.807) is 24.3 Å². The second-order valence-corrected chi connectivity index (χ2v) is 39.6. The van der Waals surface area contributed by atoms with Crippen molar-refractivity contribution in [1.82, 2.24) is 0 Å². The van der Waals surface area contributed by atoms with Crippen molar-refractivity contribution in [2.75, 3.05) is 0 Å². The molecule has 0 aliphatic carbocycles. The maximum absolute atomic E-state index is 9.46. The summed E-state index contributed by atoms with van der Waals surface area (Å²) in [4.78, 5) is 0. The topological polar surface area (TPSA) is 39.4 Å².